The SMILES string of the molecule is Cc1nc(C)c(C(=O)NCCCCBr)o1. The molecule has 4 nitrogen and oxygen atoms in total. The first-order chi connectivity index (χ1) is 7.15. The molecule has 0 aliphatic heterocycles. The molecular formula is C10H15BrN2O2. The number of halogens is 1. The van der Waals surface area contributed by atoms with Crippen LogP contribution in [0.25, 0.3) is 0 Å². The van der Waals surface area contributed by atoms with Crippen molar-refractivity contribution in [2.75, 3.05) is 11.9 Å². The van der Waals surface area contributed by atoms with E-state index in [4.69, 9.17) is 4.42 Å². The van der Waals surface area contributed by atoms with E-state index in [9.17, 15) is 4.79 Å². The zero-order valence-electron chi connectivity index (χ0n) is 8.97. The fourth-order valence-corrected chi connectivity index (χ4v) is 1.64. The lowest BCUT2D eigenvalue weighted by Crippen LogP contribution is -2.24. The molecule has 15 heavy (non-hydrogen) atoms. The zero-order valence-corrected chi connectivity index (χ0v) is 10.6. The van der Waals surface area contributed by atoms with Crippen molar-refractivity contribution in [3.05, 3.63) is 17.3 Å². The molecule has 1 rings (SSSR count). The summed E-state index contributed by atoms with van der Waals surface area (Å²) < 4.78 is 5.20. The molecular weight excluding hydrogens is 260 g/mol. The maximum atomic E-state index is 11.6. The Morgan fingerprint density at radius 2 is 2.20 bits per heavy atom. The van der Waals surface area contributed by atoms with Crippen molar-refractivity contribution in [3.63, 3.8) is 0 Å². The van der Waals surface area contributed by atoms with Crippen molar-refractivity contribution in [1.29, 1.82) is 0 Å². The van der Waals surface area contributed by atoms with E-state index < -0.39 is 0 Å². The maximum absolute atomic E-state index is 11.6. The van der Waals surface area contributed by atoms with Gasteiger partial charge in [0, 0.05) is 18.8 Å². The van der Waals surface area contributed by atoms with Gasteiger partial charge < -0.3 is 9.73 Å². The number of aryl methyl sites for hydroxylation is 2. The lowest BCUT2D eigenvalue weighted by Gasteiger charge is -2.01. The average Bonchev–Trinajstić information content (AvgIpc) is 2.52. The Morgan fingerprint density at radius 1 is 1.47 bits per heavy atom. The van der Waals surface area contributed by atoms with Gasteiger partial charge in [-0.3, -0.25) is 4.79 Å². The highest BCUT2D eigenvalue weighted by Gasteiger charge is 2.14. The molecule has 1 aromatic heterocycles. The first kappa shape index (κ1) is 12.2. The second-order valence-electron chi connectivity index (χ2n) is 3.30. The minimum Gasteiger partial charge on any atom is -0.436 e. The molecule has 0 fully saturated rings. The third-order valence-corrected chi connectivity index (χ3v) is 2.52. The first-order valence-electron chi connectivity index (χ1n) is 4.93. The van der Waals surface area contributed by atoms with Crippen molar-refractivity contribution in [3.8, 4) is 0 Å². The summed E-state index contributed by atoms with van der Waals surface area (Å²) in [6, 6.07) is 0. The number of hydrogen-bond acceptors (Lipinski definition) is 3. The Morgan fingerprint density at radius 3 is 2.73 bits per heavy atom. The number of nitrogens with zero attached hydrogens (tertiary/aromatic N) is 1. The van der Waals surface area contributed by atoms with Crippen LogP contribution in [0, 0.1) is 13.8 Å². The summed E-state index contributed by atoms with van der Waals surface area (Å²) >= 11 is 3.34. The topological polar surface area (TPSA) is 55.1 Å². The molecule has 0 bridgehead atoms. The van der Waals surface area contributed by atoms with Gasteiger partial charge in [-0.25, -0.2) is 4.98 Å². The minimum atomic E-state index is -0.178. The van der Waals surface area contributed by atoms with Gasteiger partial charge in [0.05, 0.1) is 5.69 Å². The number of oxazole rings is 1. The third-order valence-electron chi connectivity index (χ3n) is 1.96. The second kappa shape index (κ2) is 5.90. The van der Waals surface area contributed by atoms with Crippen molar-refractivity contribution < 1.29 is 9.21 Å². The van der Waals surface area contributed by atoms with E-state index in [0.717, 1.165) is 18.2 Å². The van der Waals surface area contributed by atoms with Crippen molar-refractivity contribution in [2.45, 2.75) is 26.7 Å². The minimum absolute atomic E-state index is 0.178. The molecule has 0 radical (unpaired) electrons. The number of aromatic nitrogens is 1. The number of hydrogen-bond donors (Lipinski definition) is 1. The molecule has 84 valence electrons. The van der Waals surface area contributed by atoms with E-state index in [0.29, 0.717) is 23.9 Å². The normalized spacial score (nSPS) is 10.3. The van der Waals surface area contributed by atoms with Gasteiger partial charge in [-0.2, -0.15) is 0 Å². The van der Waals surface area contributed by atoms with Crippen LogP contribution in [0.4, 0.5) is 0 Å². The van der Waals surface area contributed by atoms with Crippen LogP contribution in [0.15, 0.2) is 4.42 Å². The van der Waals surface area contributed by atoms with E-state index >= 15 is 0 Å². The zero-order chi connectivity index (χ0) is 11.3. The Kier molecular flexibility index (Phi) is 4.81. The summed E-state index contributed by atoms with van der Waals surface area (Å²) in [7, 11) is 0. The molecule has 0 spiro atoms. The van der Waals surface area contributed by atoms with Crippen molar-refractivity contribution in [1.82, 2.24) is 10.3 Å². The average molecular weight is 275 g/mol. The highest BCUT2D eigenvalue weighted by atomic mass is 79.9. The van der Waals surface area contributed by atoms with Crippen LogP contribution >= 0.6 is 15.9 Å². The molecule has 1 amide bonds. The molecule has 1 N–H and O–H groups in total. The first-order valence-corrected chi connectivity index (χ1v) is 6.05. The van der Waals surface area contributed by atoms with Gasteiger partial charge >= 0.3 is 0 Å². The Bertz CT molecular complexity index is 336. The number of alkyl halides is 1. The molecule has 1 aromatic rings. The maximum Gasteiger partial charge on any atom is 0.289 e. The summed E-state index contributed by atoms with van der Waals surface area (Å²) in [5, 5.41) is 3.76. The van der Waals surface area contributed by atoms with Crippen LogP contribution in [0.1, 0.15) is 35.0 Å². The van der Waals surface area contributed by atoms with Gasteiger partial charge in [0.2, 0.25) is 5.76 Å². The standard InChI is InChI=1S/C10H15BrN2O2/c1-7-9(15-8(2)13-7)10(14)12-6-4-3-5-11/h3-6H2,1-2H3,(H,12,14). The number of unbranched alkanes of at least 4 members (excludes halogenated alkanes) is 1. The fraction of sp³-hybridized carbons (Fsp3) is 0.600. The predicted octanol–water partition coefficient (Wildman–Crippen LogP) is 2.20. The largest absolute Gasteiger partial charge is 0.436 e. The summed E-state index contributed by atoms with van der Waals surface area (Å²) in [6.07, 6.45) is 2.01. The Labute approximate surface area is 97.6 Å². The van der Waals surface area contributed by atoms with Crippen LogP contribution in [0.3, 0.4) is 0 Å². The quantitative estimate of drug-likeness (QED) is 0.662. The van der Waals surface area contributed by atoms with Crippen LogP contribution in [-0.4, -0.2) is 22.8 Å². The summed E-state index contributed by atoms with van der Waals surface area (Å²) in [6.45, 7) is 4.17. The van der Waals surface area contributed by atoms with Gasteiger partial charge in [-0.15, -0.1) is 0 Å². The summed E-state index contributed by atoms with van der Waals surface area (Å²) in [4.78, 5) is 15.6. The van der Waals surface area contributed by atoms with Crippen molar-refractivity contribution in [2.24, 2.45) is 0 Å². The van der Waals surface area contributed by atoms with E-state index in [1.165, 1.54) is 0 Å². The highest BCUT2D eigenvalue weighted by Crippen LogP contribution is 2.08. The summed E-state index contributed by atoms with van der Waals surface area (Å²) in [5.74, 6) is 0.673. The molecule has 0 aliphatic rings. The van der Waals surface area contributed by atoms with E-state index in [1.807, 2.05) is 0 Å². The molecule has 0 aromatic carbocycles. The number of carbonyl (C=O) groups is 1. The molecule has 0 saturated carbocycles. The van der Waals surface area contributed by atoms with Gasteiger partial charge in [0.1, 0.15) is 0 Å². The van der Waals surface area contributed by atoms with Gasteiger partial charge in [-0.05, 0) is 19.8 Å². The molecule has 0 saturated heterocycles. The third kappa shape index (κ3) is 3.66. The Balaban J connectivity index is 2.43. The van der Waals surface area contributed by atoms with E-state index in [1.54, 1.807) is 13.8 Å². The van der Waals surface area contributed by atoms with Gasteiger partial charge in [-0.1, -0.05) is 15.9 Å². The molecule has 0 unspecified atom stereocenters. The number of amides is 1. The van der Waals surface area contributed by atoms with Crippen LogP contribution < -0.4 is 5.32 Å². The van der Waals surface area contributed by atoms with Crippen LogP contribution in [0.2, 0.25) is 0 Å². The van der Waals surface area contributed by atoms with Crippen molar-refractivity contribution >= 4 is 21.8 Å². The lowest BCUT2D eigenvalue weighted by molar-refractivity contribution is 0.0923. The second-order valence-corrected chi connectivity index (χ2v) is 4.09. The highest BCUT2D eigenvalue weighted by molar-refractivity contribution is 9.09. The van der Waals surface area contributed by atoms with Gasteiger partial charge in [0.15, 0.2) is 5.89 Å². The lowest BCUT2D eigenvalue weighted by atomic mass is 10.3. The van der Waals surface area contributed by atoms with Crippen LogP contribution in [-0.2, 0) is 0 Å². The van der Waals surface area contributed by atoms with Crippen LogP contribution in [0.5, 0.6) is 0 Å². The predicted molar refractivity (Wildman–Crippen MR) is 61.3 cm³/mol. The fourth-order valence-electron chi connectivity index (χ4n) is 1.24. The van der Waals surface area contributed by atoms with E-state index in [2.05, 4.69) is 26.2 Å². The smallest absolute Gasteiger partial charge is 0.289 e. The molecule has 0 atom stereocenters. The molecule has 5 heteroatoms. The number of rotatable bonds is 5. The Hall–Kier alpha value is -0.840. The molecule has 0 aliphatic carbocycles. The summed E-state index contributed by atoms with van der Waals surface area (Å²) in [5.41, 5.74) is 0.644. The van der Waals surface area contributed by atoms with Gasteiger partial charge in [0.25, 0.3) is 5.91 Å². The monoisotopic (exact) mass is 274 g/mol. The molecule has 1 heterocycles. The van der Waals surface area contributed by atoms with E-state index in [-0.39, 0.29) is 5.91 Å². The number of nitrogens with one attached hydrogen (secondary N) is 1. The number of carbonyl (C=O) groups excluding carboxylic acids is 1.